The Morgan fingerprint density at radius 1 is 1.07 bits per heavy atom. The fourth-order valence-electron chi connectivity index (χ4n) is 3.16. The highest BCUT2D eigenvalue weighted by molar-refractivity contribution is 5.81. The molecule has 0 saturated heterocycles. The van der Waals surface area contributed by atoms with Gasteiger partial charge in [0.05, 0.1) is 22.3 Å². The Bertz CT molecular complexity index is 1270. The Morgan fingerprint density at radius 2 is 1.86 bits per heavy atom. The molecule has 9 heteroatoms. The number of aromatic nitrogens is 4. The smallest absolute Gasteiger partial charge is 0.306 e. The minimum atomic E-state index is -4.63. The number of rotatable bonds is 3. The van der Waals surface area contributed by atoms with E-state index in [1.54, 1.807) is 31.3 Å². The molecule has 2 heterocycles. The molecule has 0 atom stereocenters. The van der Waals surface area contributed by atoms with Crippen molar-refractivity contribution in [3.8, 4) is 11.3 Å². The van der Waals surface area contributed by atoms with Gasteiger partial charge in [-0.05, 0) is 42.0 Å². The van der Waals surface area contributed by atoms with Crippen LogP contribution in [0.1, 0.15) is 16.8 Å². The van der Waals surface area contributed by atoms with E-state index in [2.05, 4.69) is 15.0 Å². The van der Waals surface area contributed by atoms with E-state index in [1.165, 1.54) is 10.9 Å². The van der Waals surface area contributed by atoms with Crippen molar-refractivity contribution >= 4 is 11.0 Å². The van der Waals surface area contributed by atoms with Crippen molar-refractivity contribution in [2.45, 2.75) is 12.6 Å². The molecule has 1 N–H and O–H groups in total. The van der Waals surface area contributed by atoms with Crippen LogP contribution < -0.4 is 5.69 Å². The van der Waals surface area contributed by atoms with Crippen LogP contribution >= 0.6 is 0 Å². The molecule has 29 heavy (non-hydrogen) atoms. The van der Waals surface area contributed by atoms with Gasteiger partial charge in [-0.1, -0.05) is 6.07 Å². The molecule has 0 radical (unpaired) electrons. The van der Waals surface area contributed by atoms with E-state index in [9.17, 15) is 22.4 Å². The van der Waals surface area contributed by atoms with Gasteiger partial charge < -0.3 is 4.98 Å². The summed E-state index contributed by atoms with van der Waals surface area (Å²) < 4.78 is 53.8. The van der Waals surface area contributed by atoms with Gasteiger partial charge in [-0.25, -0.2) is 19.2 Å². The van der Waals surface area contributed by atoms with Gasteiger partial charge in [-0.2, -0.15) is 13.2 Å². The lowest BCUT2D eigenvalue weighted by Gasteiger charge is -2.10. The average molecular weight is 402 g/mol. The summed E-state index contributed by atoms with van der Waals surface area (Å²) in [5, 5.41) is 0. The Kier molecular flexibility index (Phi) is 4.45. The highest BCUT2D eigenvalue weighted by Gasteiger charge is 2.31. The van der Waals surface area contributed by atoms with Crippen LogP contribution in [-0.4, -0.2) is 19.5 Å². The number of halogens is 4. The highest BCUT2D eigenvalue weighted by atomic mass is 19.4. The number of fused-ring (bicyclic) bond motifs is 1. The van der Waals surface area contributed by atoms with Crippen LogP contribution in [0, 0.1) is 5.82 Å². The van der Waals surface area contributed by atoms with E-state index in [1.807, 2.05) is 0 Å². The first kappa shape index (κ1) is 18.9. The molecule has 0 spiro atoms. The summed E-state index contributed by atoms with van der Waals surface area (Å²) in [5.74, 6) is -0.956. The third kappa shape index (κ3) is 3.75. The maximum Gasteiger partial charge on any atom is 0.416 e. The Morgan fingerprint density at radius 3 is 2.62 bits per heavy atom. The molecule has 4 rings (SSSR count). The monoisotopic (exact) mass is 402 g/mol. The minimum Gasteiger partial charge on any atom is -0.306 e. The van der Waals surface area contributed by atoms with Crippen molar-refractivity contribution < 1.29 is 17.6 Å². The largest absolute Gasteiger partial charge is 0.416 e. The zero-order valence-electron chi connectivity index (χ0n) is 15.1. The van der Waals surface area contributed by atoms with Crippen LogP contribution in [0.4, 0.5) is 17.6 Å². The number of nitrogens with one attached hydrogen (secondary N) is 1. The predicted molar refractivity (Wildman–Crippen MR) is 98.8 cm³/mol. The van der Waals surface area contributed by atoms with Crippen molar-refractivity contribution in [3.05, 3.63) is 81.9 Å². The van der Waals surface area contributed by atoms with Crippen LogP contribution in [0.15, 0.2) is 53.6 Å². The van der Waals surface area contributed by atoms with E-state index in [4.69, 9.17) is 0 Å². The quantitative estimate of drug-likeness (QED) is 0.526. The Balaban J connectivity index is 1.69. The number of hydrogen-bond donors (Lipinski definition) is 1. The van der Waals surface area contributed by atoms with Gasteiger partial charge in [0.15, 0.2) is 0 Å². The topological polar surface area (TPSA) is 63.6 Å². The number of hydrogen-bond acceptors (Lipinski definition) is 3. The van der Waals surface area contributed by atoms with E-state index in [-0.39, 0.29) is 17.7 Å². The first-order valence-corrected chi connectivity index (χ1v) is 8.57. The minimum absolute atomic E-state index is 0.0151. The fourth-order valence-corrected chi connectivity index (χ4v) is 3.16. The number of H-pyrrole nitrogens is 1. The molecule has 2 aromatic carbocycles. The van der Waals surface area contributed by atoms with Crippen LogP contribution in [-0.2, 0) is 19.6 Å². The van der Waals surface area contributed by atoms with Gasteiger partial charge in [-0.3, -0.25) is 4.57 Å². The summed E-state index contributed by atoms with van der Waals surface area (Å²) in [5.41, 5.74) is 1.93. The molecule has 0 saturated carbocycles. The molecule has 0 fully saturated rings. The normalized spacial score (nSPS) is 11.9. The molecule has 0 aliphatic heterocycles. The standard InChI is InChI=1S/C20H14F4N4O/c1-28-18-7-12(2-3-16(18)27-19(28)29)17-9-15(25-10-26-17)6-11-4-13(20(22,23)24)8-14(21)5-11/h2-5,7-10H,6H2,1H3,(H,27,29). The Hall–Kier alpha value is -3.49. The maximum atomic E-state index is 13.6. The van der Waals surface area contributed by atoms with Gasteiger partial charge in [0, 0.05) is 24.7 Å². The summed E-state index contributed by atoms with van der Waals surface area (Å²) in [6.07, 6.45) is -3.31. The molecule has 2 aromatic heterocycles. The molecular formula is C20H14F4N4O. The lowest BCUT2D eigenvalue weighted by atomic mass is 10.0. The van der Waals surface area contributed by atoms with E-state index in [0.717, 1.165) is 12.1 Å². The number of imidazole rings is 1. The van der Waals surface area contributed by atoms with E-state index in [0.29, 0.717) is 34.1 Å². The van der Waals surface area contributed by atoms with Crippen LogP contribution in [0.5, 0.6) is 0 Å². The highest BCUT2D eigenvalue weighted by Crippen LogP contribution is 2.31. The molecule has 5 nitrogen and oxygen atoms in total. The fraction of sp³-hybridized carbons (Fsp3) is 0.150. The van der Waals surface area contributed by atoms with Crippen molar-refractivity contribution in [2.75, 3.05) is 0 Å². The summed E-state index contributed by atoms with van der Waals surface area (Å²) >= 11 is 0. The van der Waals surface area contributed by atoms with E-state index >= 15 is 0 Å². The second kappa shape index (κ2) is 6.84. The number of alkyl halides is 3. The number of nitrogens with zero attached hydrogens (tertiary/aromatic N) is 3. The number of aryl methyl sites for hydroxylation is 1. The van der Waals surface area contributed by atoms with Gasteiger partial charge >= 0.3 is 11.9 Å². The molecule has 0 aliphatic carbocycles. The second-order valence-corrected chi connectivity index (χ2v) is 6.64. The van der Waals surface area contributed by atoms with Crippen LogP contribution in [0.3, 0.4) is 0 Å². The number of benzene rings is 2. The summed E-state index contributed by atoms with van der Waals surface area (Å²) in [4.78, 5) is 22.8. The Labute approximate surface area is 161 Å². The molecular weight excluding hydrogens is 388 g/mol. The molecule has 0 amide bonds. The van der Waals surface area contributed by atoms with E-state index < -0.39 is 17.6 Å². The van der Waals surface area contributed by atoms with Gasteiger partial charge in [0.25, 0.3) is 0 Å². The first-order valence-electron chi connectivity index (χ1n) is 8.57. The molecule has 0 bridgehead atoms. The van der Waals surface area contributed by atoms with Gasteiger partial charge in [0.1, 0.15) is 12.1 Å². The molecule has 0 unspecified atom stereocenters. The zero-order chi connectivity index (χ0) is 20.8. The summed E-state index contributed by atoms with van der Waals surface area (Å²) in [7, 11) is 1.64. The third-order valence-corrected chi connectivity index (χ3v) is 4.59. The van der Waals surface area contributed by atoms with Gasteiger partial charge in [0.2, 0.25) is 0 Å². The second-order valence-electron chi connectivity index (χ2n) is 6.64. The first-order chi connectivity index (χ1) is 13.7. The SMILES string of the molecule is Cn1c(=O)[nH]c2ccc(-c3cc(Cc4cc(F)cc(C(F)(F)F)c4)ncn3)cc21. The van der Waals surface area contributed by atoms with Crippen molar-refractivity contribution in [1.29, 1.82) is 0 Å². The summed E-state index contributed by atoms with van der Waals surface area (Å²) in [6, 6.07) is 9.36. The average Bonchev–Trinajstić information content (AvgIpc) is 2.94. The van der Waals surface area contributed by atoms with Crippen LogP contribution in [0.25, 0.3) is 22.3 Å². The summed E-state index contributed by atoms with van der Waals surface area (Å²) in [6.45, 7) is 0. The maximum absolute atomic E-state index is 13.6. The lowest BCUT2D eigenvalue weighted by molar-refractivity contribution is -0.137. The van der Waals surface area contributed by atoms with Gasteiger partial charge in [-0.15, -0.1) is 0 Å². The zero-order valence-corrected chi connectivity index (χ0v) is 15.1. The number of aromatic amines is 1. The predicted octanol–water partition coefficient (Wildman–Crippen LogP) is 4.07. The lowest BCUT2D eigenvalue weighted by Crippen LogP contribution is -2.11. The van der Waals surface area contributed by atoms with Crippen molar-refractivity contribution in [1.82, 2.24) is 19.5 Å². The third-order valence-electron chi connectivity index (χ3n) is 4.59. The molecule has 4 aromatic rings. The van der Waals surface area contributed by atoms with Crippen molar-refractivity contribution in [2.24, 2.45) is 7.05 Å². The molecule has 0 aliphatic rings. The molecule has 148 valence electrons. The van der Waals surface area contributed by atoms with Crippen LogP contribution in [0.2, 0.25) is 0 Å². The van der Waals surface area contributed by atoms with Crippen molar-refractivity contribution in [3.63, 3.8) is 0 Å².